The lowest BCUT2D eigenvalue weighted by molar-refractivity contribution is 0.301. The first-order valence-electron chi connectivity index (χ1n) is 8.49. The normalized spacial score (nSPS) is 16.9. The maximum absolute atomic E-state index is 12.4. The second kappa shape index (κ2) is 7.96. The molecule has 1 unspecified atom stereocenters. The van der Waals surface area contributed by atoms with Crippen molar-refractivity contribution >= 4 is 19.5 Å². The highest BCUT2D eigenvalue weighted by Crippen LogP contribution is 2.32. The fraction of sp³-hybridized carbons (Fsp3) is 0.368. The van der Waals surface area contributed by atoms with Gasteiger partial charge in [-0.25, -0.2) is 0 Å². The highest BCUT2D eigenvalue weighted by Gasteiger charge is 2.22. The van der Waals surface area contributed by atoms with Crippen LogP contribution in [-0.2, 0) is 20.9 Å². The maximum Gasteiger partial charge on any atom is 0.297 e. The SMILES string of the molecule is Cc1ccc(S(=O)(=O)OCc2ccccc2C2CCN(P)CC2)cc1. The number of rotatable bonds is 5. The molecule has 6 heteroatoms. The molecule has 1 aliphatic rings. The highest BCUT2D eigenvalue weighted by molar-refractivity contribution is 7.86. The first-order valence-corrected chi connectivity index (χ1v) is 10.4. The number of hydrogen-bond donors (Lipinski definition) is 0. The van der Waals surface area contributed by atoms with E-state index in [2.05, 4.69) is 20.1 Å². The molecule has 1 fully saturated rings. The molecular weight excluding hydrogens is 353 g/mol. The second-order valence-electron chi connectivity index (χ2n) is 6.54. The monoisotopic (exact) mass is 377 g/mol. The Hall–Kier alpha value is -1.26. The minimum Gasteiger partial charge on any atom is -0.287 e. The molecule has 0 amide bonds. The van der Waals surface area contributed by atoms with Gasteiger partial charge in [-0.3, -0.25) is 8.85 Å². The Morgan fingerprint density at radius 2 is 1.72 bits per heavy atom. The Labute approximate surface area is 152 Å². The third-order valence-corrected chi connectivity index (χ3v) is 6.50. The minimum absolute atomic E-state index is 0.0769. The predicted octanol–water partition coefficient (Wildman–Crippen LogP) is 3.87. The lowest BCUT2D eigenvalue weighted by Gasteiger charge is -2.30. The van der Waals surface area contributed by atoms with Crippen molar-refractivity contribution in [3.05, 3.63) is 65.2 Å². The Morgan fingerprint density at radius 1 is 1.08 bits per heavy atom. The number of piperidine rings is 1. The topological polar surface area (TPSA) is 46.6 Å². The highest BCUT2D eigenvalue weighted by atomic mass is 32.2. The van der Waals surface area contributed by atoms with Crippen LogP contribution in [0.15, 0.2) is 53.4 Å². The van der Waals surface area contributed by atoms with Gasteiger partial charge in [-0.1, -0.05) is 51.4 Å². The lowest BCUT2D eigenvalue weighted by atomic mass is 9.87. The van der Waals surface area contributed by atoms with Crippen molar-refractivity contribution in [2.75, 3.05) is 13.1 Å². The van der Waals surface area contributed by atoms with Crippen LogP contribution in [0.3, 0.4) is 0 Å². The Morgan fingerprint density at radius 3 is 2.40 bits per heavy atom. The largest absolute Gasteiger partial charge is 0.297 e. The number of aryl methyl sites for hydroxylation is 1. The van der Waals surface area contributed by atoms with E-state index < -0.39 is 10.1 Å². The molecule has 0 N–H and O–H groups in total. The summed E-state index contributed by atoms with van der Waals surface area (Å²) in [6, 6.07) is 14.7. The van der Waals surface area contributed by atoms with E-state index >= 15 is 0 Å². The summed E-state index contributed by atoms with van der Waals surface area (Å²) in [6.45, 7) is 4.07. The van der Waals surface area contributed by atoms with Crippen LogP contribution in [0.2, 0.25) is 0 Å². The van der Waals surface area contributed by atoms with Gasteiger partial charge in [0.2, 0.25) is 0 Å². The molecule has 0 radical (unpaired) electrons. The Balaban J connectivity index is 1.74. The van der Waals surface area contributed by atoms with Gasteiger partial charge in [0.05, 0.1) is 11.5 Å². The third-order valence-electron chi connectivity index (χ3n) is 4.70. The minimum atomic E-state index is -3.74. The molecule has 0 aromatic heterocycles. The molecule has 0 saturated carbocycles. The van der Waals surface area contributed by atoms with Gasteiger partial charge in [0.15, 0.2) is 0 Å². The summed E-state index contributed by atoms with van der Waals surface area (Å²) in [5.74, 6) is 0.457. The van der Waals surface area contributed by atoms with Gasteiger partial charge in [0.25, 0.3) is 10.1 Å². The van der Waals surface area contributed by atoms with Crippen LogP contribution in [0.25, 0.3) is 0 Å². The summed E-state index contributed by atoms with van der Waals surface area (Å²) in [7, 11) is -0.989. The van der Waals surface area contributed by atoms with Crippen molar-refractivity contribution in [3.8, 4) is 0 Å². The number of benzene rings is 2. The summed E-state index contributed by atoms with van der Waals surface area (Å²) in [6.07, 6.45) is 2.15. The molecule has 4 nitrogen and oxygen atoms in total. The van der Waals surface area contributed by atoms with Crippen molar-refractivity contribution < 1.29 is 12.6 Å². The molecular formula is C19H24NO3PS. The van der Waals surface area contributed by atoms with Gasteiger partial charge in [-0.05, 0) is 48.9 Å². The van der Waals surface area contributed by atoms with Crippen LogP contribution in [0, 0.1) is 6.92 Å². The van der Waals surface area contributed by atoms with Crippen LogP contribution in [-0.4, -0.2) is 26.2 Å². The molecule has 134 valence electrons. The van der Waals surface area contributed by atoms with Crippen LogP contribution < -0.4 is 0 Å². The molecule has 0 bridgehead atoms. The van der Waals surface area contributed by atoms with E-state index in [4.69, 9.17) is 4.18 Å². The van der Waals surface area contributed by atoms with Gasteiger partial charge >= 0.3 is 0 Å². The Bertz CT molecular complexity index is 813. The summed E-state index contributed by atoms with van der Waals surface area (Å²) in [5, 5.41) is 0. The van der Waals surface area contributed by atoms with E-state index in [9.17, 15) is 8.42 Å². The van der Waals surface area contributed by atoms with Crippen molar-refractivity contribution in [2.24, 2.45) is 0 Å². The van der Waals surface area contributed by atoms with Crippen molar-refractivity contribution in [3.63, 3.8) is 0 Å². The first-order chi connectivity index (χ1) is 12.0. The third kappa shape index (κ3) is 4.68. The van der Waals surface area contributed by atoms with E-state index in [-0.39, 0.29) is 11.5 Å². The molecule has 0 aliphatic carbocycles. The average Bonchev–Trinajstić information content (AvgIpc) is 2.61. The van der Waals surface area contributed by atoms with Gasteiger partial charge in [0, 0.05) is 13.1 Å². The molecule has 0 spiro atoms. The fourth-order valence-electron chi connectivity index (χ4n) is 3.19. The van der Waals surface area contributed by atoms with Gasteiger partial charge in [-0.2, -0.15) is 8.42 Å². The molecule has 1 heterocycles. The van der Waals surface area contributed by atoms with E-state index in [1.54, 1.807) is 24.3 Å². The first kappa shape index (κ1) is 18.5. The summed E-state index contributed by atoms with van der Waals surface area (Å²) in [5.41, 5.74) is 3.19. The van der Waals surface area contributed by atoms with Gasteiger partial charge in [-0.15, -0.1) is 0 Å². The molecule has 1 saturated heterocycles. The zero-order valence-corrected chi connectivity index (χ0v) is 16.4. The molecule has 2 aromatic carbocycles. The quantitative estimate of drug-likeness (QED) is 0.586. The van der Waals surface area contributed by atoms with Crippen LogP contribution >= 0.6 is 9.39 Å². The Kier molecular flexibility index (Phi) is 5.90. The fourth-order valence-corrected chi connectivity index (χ4v) is 4.37. The van der Waals surface area contributed by atoms with Crippen LogP contribution in [0.4, 0.5) is 0 Å². The second-order valence-corrected chi connectivity index (χ2v) is 8.88. The van der Waals surface area contributed by atoms with Crippen molar-refractivity contribution in [1.29, 1.82) is 0 Å². The zero-order chi connectivity index (χ0) is 17.9. The molecule has 1 atom stereocenters. The number of nitrogens with zero attached hydrogens (tertiary/aromatic N) is 1. The lowest BCUT2D eigenvalue weighted by Crippen LogP contribution is -2.25. The smallest absolute Gasteiger partial charge is 0.287 e. The average molecular weight is 377 g/mol. The molecule has 3 rings (SSSR count). The zero-order valence-electron chi connectivity index (χ0n) is 14.4. The number of hydrogen-bond acceptors (Lipinski definition) is 4. The standard InChI is InChI=1S/C19H24NO3PS/c1-15-6-8-18(9-7-15)25(21,22)23-14-17-4-2-3-5-19(17)16-10-12-20(24)13-11-16/h2-9,16H,10-14,24H2,1H3. The van der Waals surface area contributed by atoms with E-state index in [0.29, 0.717) is 5.92 Å². The van der Waals surface area contributed by atoms with E-state index in [1.165, 1.54) is 5.56 Å². The summed E-state index contributed by atoms with van der Waals surface area (Å²) < 4.78 is 32.4. The van der Waals surface area contributed by atoms with Crippen LogP contribution in [0.1, 0.15) is 35.4 Å². The molecule has 25 heavy (non-hydrogen) atoms. The molecule has 1 aliphatic heterocycles. The van der Waals surface area contributed by atoms with Crippen molar-refractivity contribution in [1.82, 2.24) is 4.67 Å². The summed E-state index contributed by atoms with van der Waals surface area (Å²) in [4.78, 5) is 0.201. The summed E-state index contributed by atoms with van der Waals surface area (Å²) >= 11 is 0. The maximum atomic E-state index is 12.4. The van der Waals surface area contributed by atoms with E-state index in [1.807, 2.05) is 25.1 Å². The van der Waals surface area contributed by atoms with Gasteiger partial charge in [0.1, 0.15) is 0 Å². The predicted molar refractivity (Wildman–Crippen MR) is 103 cm³/mol. The van der Waals surface area contributed by atoms with Gasteiger partial charge < -0.3 is 0 Å². The van der Waals surface area contributed by atoms with Crippen LogP contribution in [0.5, 0.6) is 0 Å². The molecule has 2 aromatic rings. The van der Waals surface area contributed by atoms with E-state index in [0.717, 1.165) is 37.1 Å². The van der Waals surface area contributed by atoms with Crippen molar-refractivity contribution in [2.45, 2.75) is 37.2 Å².